The van der Waals surface area contributed by atoms with Gasteiger partial charge in [0.25, 0.3) is 0 Å². The number of rotatable bonds is 4. The molecule has 5 nitrogen and oxygen atoms in total. The molecule has 104 valence electrons. The molecular weight excluding hydrogens is 383 g/mol. The van der Waals surface area contributed by atoms with Crippen molar-refractivity contribution in [3.05, 3.63) is 26.8 Å². The second-order valence-electron chi connectivity index (χ2n) is 4.19. The molecule has 0 aliphatic rings. The van der Waals surface area contributed by atoms with Gasteiger partial charge < -0.3 is 15.7 Å². The molecule has 0 radical (unpaired) electrons. The summed E-state index contributed by atoms with van der Waals surface area (Å²) >= 11 is 8.08. The third-order valence-corrected chi connectivity index (χ3v) is 3.73. The molecule has 0 saturated heterocycles. The highest BCUT2D eigenvalue weighted by Crippen LogP contribution is 2.24. The number of benzene rings is 1. The fourth-order valence-corrected chi connectivity index (χ4v) is 2.19. The Kier molecular flexibility index (Phi) is 5.42. The number of urea groups is 1. The minimum Gasteiger partial charge on any atom is -0.480 e. The van der Waals surface area contributed by atoms with Gasteiger partial charge in [-0.1, -0.05) is 18.5 Å². The first-order valence-corrected chi connectivity index (χ1v) is 7.02. The predicted molar refractivity (Wildman–Crippen MR) is 82.7 cm³/mol. The van der Waals surface area contributed by atoms with Crippen LogP contribution in [0.1, 0.15) is 20.3 Å². The van der Waals surface area contributed by atoms with Crippen molar-refractivity contribution in [2.45, 2.75) is 25.8 Å². The molecule has 2 amide bonds. The van der Waals surface area contributed by atoms with Crippen LogP contribution in [-0.2, 0) is 4.79 Å². The van der Waals surface area contributed by atoms with E-state index in [2.05, 4.69) is 33.2 Å². The standard InChI is InChI=1S/C12H14ClIN2O3/c1-3-12(2,10(17)18)16-11(19)15-9-5-4-7(14)6-8(9)13/h4-6H,3H2,1-2H3,(H,17,18)(H2,15,16,19). The summed E-state index contributed by atoms with van der Waals surface area (Å²) in [7, 11) is 0. The minimum atomic E-state index is -1.31. The van der Waals surface area contributed by atoms with Crippen molar-refractivity contribution in [3.8, 4) is 0 Å². The average molecular weight is 397 g/mol. The van der Waals surface area contributed by atoms with Gasteiger partial charge in [-0.05, 0) is 54.1 Å². The van der Waals surface area contributed by atoms with Crippen molar-refractivity contribution in [3.63, 3.8) is 0 Å². The number of carbonyl (C=O) groups excluding carboxylic acids is 1. The highest BCUT2D eigenvalue weighted by atomic mass is 127. The van der Waals surface area contributed by atoms with E-state index in [0.29, 0.717) is 10.7 Å². The number of carboxylic acid groups (broad SMARTS) is 1. The van der Waals surface area contributed by atoms with Crippen LogP contribution in [0.4, 0.5) is 10.5 Å². The summed E-state index contributed by atoms with van der Waals surface area (Å²) in [5.41, 5.74) is -0.872. The number of carbonyl (C=O) groups is 2. The number of anilines is 1. The van der Waals surface area contributed by atoms with Gasteiger partial charge in [-0.15, -0.1) is 0 Å². The lowest BCUT2D eigenvalue weighted by Crippen LogP contribution is -2.53. The van der Waals surface area contributed by atoms with Crippen molar-refractivity contribution in [1.82, 2.24) is 5.32 Å². The zero-order chi connectivity index (χ0) is 14.6. The van der Waals surface area contributed by atoms with E-state index in [1.165, 1.54) is 6.92 Å². The zero-order valence-electron chi connectivity index (χ0n) is 10.5. The molecule has 7 heteroatoms. The zero-order valence-corrected chi connectivity index (χ0v) is 13.4. The third kappa shape index (κ3) is 4.24. The SMILES string of the molecule is CCC(C)(NC(=O)Nc1ccc(I)cc1Cl)C(=O)O. The normalized spacial score (nSPS) is 13.5. The van der Waals surface area contributed by atoms with E-state index >= 15 is 0 Å². The molecule has 0 aliphatic carbocycles. The highest BCUT2D eigenvalue weighted by Gasteiger charge is 2.32. The van der Waals surface area contributed by atoms with E-state index < -0.39 is 17.5 Å². The van der Waals surface area contributed by atoms with E-state index in [1.54, 1.807) is 25.1 Å². The quantitative estimate of drug-likeness (QED) is 0.683. The Balaban J connectivity index is 2.78. The van der Waals surface area contributed by atoms with E-state index in [4.69, 9.17) is 16.7 Å². The lowest BCUT2D eigenvalue weighted by Gasteiger charge is -2.24. The number of carboxylic acids is 1. The maximum Gasteiger partial charge on any atom is 0.329 e. The molecule has 1 rings (SSSR count). The summed E-state index contributed by atoms with van der Waals surface area (Å²) < 4.78 is 0.942. The summed E-state index contributed by atoms with van der Waals surface area (Å²) in [5, 5.41) is 14.4. The Morgan fingerprint density at radius 3 is 2.58 bits per heavy atom. The summed E-state index contributed by atoms with van der Waals surface area (Å²) in [4.78, 5) is 22.9. The summed E-state index contributed by atoms with van der Waals surface area (Å²) in [5.74, 6) is -1.08. The molecule has 0 spiro atoms. The largest absolute Gasteiger partial charge is 0.480 e. The van der Waals surface area contributed by atoms with Gasteiger partial charge in [0.15, 0.2) is 0 Å². The van der Waals surface area contributed by atoms with E-state index in [-0.39, 0.29) is 6.42 Å². The summed E-state index contributed by atoms with van der Waals surface area (Å²) in [6.45, 7) is 3.14. The van der Waals surface area contributed by atoms with Crippen LogP contribution < -0.4 is 10.6 Å². The van der Waals surface area contributed by atoms with E-state index in [9.17, 15) is 9.59 Å². The Bertz CT molecular complexity index is 510. The topological polar surface area (TPSA) is 78.4 Å². The van der Waals surface area contributed by atoms with Crippen molar-refractivity contribution < 1.29 is 14.7 Å². The van der Waals surface area contributed by atoms with Gasteiger partial charge in [0.2, 0.25) is 0 Å². The Morgan fingerprint density at radius 2 is 2.11 bits per heavy atom. The highest BCUT2D eigenvalue weighted by molar-refractivity contribution is 14.1. The number of amides is 2. The Morgan fingerprint density at radius 1 is 1.47 bits per heavy atom. The number of nitrogens with one attached hydrogen (secondary N) is 2. The predicted octanol–water partition coefficient (Wildman–Crippen LogP) is 3.32. The molecule has 1 aromatic rings. The summed E-state index contributed by atoms with van der Waals surface area (Å²) in [6.07, 6.45) is 0.274. The van der Waals surface area contributed by atoms with Crippen molar-refractivity contribution >= 4 is 51.9 Å². The van der Waals surface area contributed by atoms with E-state index in [0.717, 1.165) is 3.57 Å². The van der Waals surface area contributed by atoms with Crippen molar-refractivity contribution in [2.75, 3.05) is 5.32 Å². The molecule has 19 heavy (non-hydrogen) atoms. The molecular formula is C12H14ClIN2O3. The van der Waals surface area contributed by atoms with Gasteiger partial charge in [-0.2, -0.15) is 0 Å². The van der Waals surface area contributed by atoms with Gasteiger partial charge in [0.05, 0.1) is 10.7 Å². The Hall–Kier alpha value is -1.02. The lowest BCUT2D eigenvalue weighted by molar-refractivity contribution is -0.143. The van der Waals surface area contributed by atoms with Gasteiger partial charge >= 0.3 is 12.0 Å². The van der Waals surface area contributed by atoms with Crippen LogP contribution in [0.2, 0.25) is 5.02 Å². The molecule has 0 saturated carbocycles. The maximum atomic E-state index is 11.8. The van der Waals surface area contributed by atoms with E-state index in [1.807, 2.05) is 0 Å². The molecule has 0 aliphatic heterocycles. The molecule has 1 aromatic carbocycles. The number of aliphatic carboxylic acids is 1. The van der Waals surface area contributed by atoms with Gasteiger partial charge in [-0.25, -0.2) is 9.59 Å². The van der Waals surface area contributed by atoms with Crippen LogP contribution in [0.5, 0.6) is 0 Å². The van der Waals surface area contributed by atoms with Crippen molar-refractivity contribution in [2.24, 2.45) is 0 Å². The average Bonchev–Trinajstić information content (AvgIpc) is 2.32. The second kappa shape index (κ2) is 6.42. The monoisotopic (exact) mass is 396 g/mol. The molecule has 0 heterocycles. The Labute approximate surface area is 129 Å². The first-order valence-electron chi connectivity index (χ1n) is 5.56. The molecule has 0 fully saturated rings. The molecule has 1 unspecified atom stereocenters. The van der Waals surface area contributed by atoms with Crippen LogP contribution in [-0.4, -0.2) is 22.6 Å². The fraction of sp³-hybridized carbons (Fsp3) is 0.333. The molecule has 3 N–H and O–H groups in total. The number of hydrogen-bond acceptors (Lipinski definition) is 2. The van der Waals surface area contributed by atoms with Gasteiger partial charge in [0.1, 0.15) is 5.54 Å². The first-order chi connectivity index (χ1) is 8.78. The number of halogens is 2. The summed E-state index contributed by atoms with van der Waals surface area (Å²) in [6, 6.07) is 4.55. The smallest absolute Gasteiger partial charge is 0.329 e. The number of hydrogen-bond donors (Lipinski definition) is 3. The van der Waals surface area contributed by atoms with Crippen LogP contribution >= 0.6 is 34.2 Å². The van der Waals surface area contributed by atoms with Crippen LogP contribution in [0, 0.1) is 3.57 Å². The molecule has 0 bridgehead atoms. The van der Waals surface area contributed by atoms with Gasteiger partial charge in [0, 0.05) is 3.57 Å². The van der Waals surface area contributed by atoms with Gasteiger partial charge in [-0.3, -0.25) is 0 Å². The van der Waals surface area contributed by atoms with Crippen LogP contribution in [0.25, 0.3) is 0 Å². The lowest BCUT2D eigenvalue weighted by atomic mass is 10.00. The molecule has 0 aromatic heterocycles. The second-order valence-corrected chi connectivity index (χ2v) is 5.85. The minimum absolute atomic E-state index is 0.274. The van der Waals surface area contributed by atoms with Crippen LogP contribution in [0.15, 0.2) is 18.2 Å². The molecule has 1 atom stereocenters. The van der Waals surface area contributed by atoms with Crippen LogP contribution in [0.3, 0.4) is 0 Å². The van der Waals surface area contributed by atoms with Crippen molar-refractivity contribution in [1.29, 1.82) is 0 Å². The fourth-order valence-electron chi connectivity index (χ4n) is 1.29. The third-order valence-electron chi connectivity index (χ3n) is 2.75. The first kappa shape index (κ1) is 16.0. The maximum absolute atomic E-state index is 11.8.